The van der Waals surface area contributed by atoms with E-state index in [2.05, 4.69) is 5.92 Å². The lowest BCUT2D eigenvalue weighted by molar-refractivity contribution is -0.327. The Morgan fingerprint density at radius 2 is 1.22 bits per heavy atom. The van der Waals surface area contributed by atoms with Crippen LogP contribution in [-0.2, 0) is 53.0 Å². The summed E-state index contributed by atoms with van der Waals surface area (Å²) in [5, 5.41) is 0. The number of terminal acetylenes is 1. The van der Waals surface area contributed by atoms with Gasteiger partial charge < -0.3 is 28.4 Å². The summed E-state index contributed by atoms with van der Waals surface area (Å²) in [7, 11) is 0. The molecule has 1 aliphatic rings. The van der Waals surface area contributed by atoms with Gasteiger partial charge in [-0.15, -0.1) is 12.3 Å². The molecule has 0 N–H and O–H groups in total. The number of benzene rings is 3. The van der Waals surface area contributed by atoms with Crippen LogP contribution in [0.4, 0.5) is 0 Å². The van der Waals surface area contributed by atoms with Gasteiger partial charge in [0.25, 0.3) is 0 Å². The van der Waals surface area contributed by atoms with E-state index in [9.17, 15) is 4.79 Å². The lowest BCUT2D eigenvalue weighted by atomic mass is 9.97. The van der Waals surface area contributed by atoms with Gasteiger partial charge in [0, 0.05) is 13.3 Å². The molecule has 7 nitrogen and oxygen atoms in total. The highest BCUT2D eigenvalue weighted by Gasteiger charge is 2.49. The fraction of sp³-hybridized carbons (Fsp3) is 0.382. The highest BCUT2D eigenvalue weighted by atomic mass is 16.7. The Morgan fingerprint density at radius 3 is 1.71 bits per heavy atom. The Morgan fingerprint density at radius 1 is 0.732 bits per heavy atom. The highest BCUT2D eigenvalue weighted by Crippen LogP contribution is 2.31. The maximum absolute atomic E-state index is 11.8. The lowest BCUT2D eigenvalue weighted by Crippen LogP contribution is -2.62. The molecule has 0 saturated carbocycles. The van der Waals surface area contributed by atoms with Crippen LogP contribution in [0.25, 0.3) is 0 Å². The average Bonchev–Trinajstić information content (AvgIpc) is 3.01. The SMILES string of the molecule is C#CCCCOC1O[C@H](COC(C)=O)[C@@H](OCc2ccccc2)[C@H](OCc2ccccc2)[C@H]1OCc1ccccc1. The molecule has 216 valence electrons. The van der Waals surface area contributed by atoms with Gasteiger partial charge in [-0.1, -0.05) is 91.0 Å². The van der Waals surface area contributed by atoms with E-state index in [1.54, 1.807) is 0 Å². The first-order chi connectivity index (χ1) is 20.1. The summed E-state index contributed by atoms with van der Waals surface area (Å²) in [4.78, 5) is 11.8. The standard InChI is InChI=1S/C34H38O7/c1-3-4-14-21-36-34-33(40-24-29-19-12-7-13-20-29)32(39-23-28-17-10-6-11-18-28)31(30(41-34)25-37-26(2)35)38-22-27-15-8-5-9-16-27/h1,5-13,15-20,30-34H,4,14,21-25H2,2H3/t30-,31-,32+,33-,34?/m1/s1. The first-order valence-electron chi connectivity index (χ1n) is 13.9. The molecule has 1 unspecified atom stereocenters. The van der Waals surface area contributed by atoms with E-state index >= 15 is 0 Å². The van der Waals surface area contributed by atoms with Crippen molar-refractivity contribution in [1.82, 2.24) is 0 Å². The molecule has 3 aromatic rings. The Kier molecular flexibility index (Phi) is 12.4. The Labute approximate surface area is 242 Å². The summed E-state index contributed by atoms with van der Waals surface area (Å²) < 4.78 is 37.6. The maximum Gasteiger partial charge on any atom is 0.302 e. The first-order valence-corrected chi connectivity index (χ1v) is 13.9. The molecule has 0 aliphatic carbocycles. The third-order valence-electron chi connectivity index (χ3n) is 6.65. The van der Waals surface area contributed by atoms with Crippen molar-refractivity contribution < 1.29 is 33.2 Å². The van der Waals surface area contributed by atoms with E-state index in [1.165, 1.54) is 6.92 Å². The molecule has 0 bridgehead atoms. The molecular formula is C34H38O7. The number of ether oxygens (including phenoxy) is 6. The molecule has 0 spiro atoms. The van der Waals surface area contributed by atoms with E-state index in [0.717, 1.165) is 16.7 Å². The van der Waals surface area contributed by atoms with Crippen molar-refractivity contribution in [3.63, 3.8) is 0 Å². The summed E-state index contributed by atoms with van der Waals surface area (Å²) >= 11 is 0. The number of unbranched alkanes of at least 4 members (excludes halogenated alkanes) is 1. The Balaban J connectivity index is 1.63. The smallest absolute Gasteiger partial charge is 0.302 e. The minimum atomic E-state index is -0.797. The van der Waals surface area contributed by atoms with Crippen LogP contribution in [-0.4, -0.2) is 49.9 Å². The van der Waals surface area contributed by atoms with Crippen molar-refractivity contribution in [3.8, 4) is 12.3 Å². The van der Waals surface area contributed by atoms with Gasteiger partial charge in [-0.25, -0.2) is 0 Å². The Hall–Kier alpha value is -3.51. The van der Waals surface area contributed by atoms with E-state index in [1.807, 2.05) is 91.0 Å². The normalized spacial score (nSPS) is 22.1. The highest BCUT2D eigenvalue weighted by molar-refractivity contribution is 5.65. The molecule has 0 aromatic heterocycles. The number of hydrogen-bond acceptors (Lipinski definition) is 7. The lowest BCUT2D eigenvalue weighted by Gasteiger charge is -2.45. The third-order valence-corrected chi connectivity index (χ3v) is 6.65. The molecule has 41 heavy (non-hydrogen) atoms. The third kappa shape index (κ3) is 9.82. The molecule has 1 aliphatic heterocycles. The molecule has 5 atom stereocenters. The fourth-order valence-electron chi connectivity index (χ4n) is 4.59. The van der Waals surface area contributed by atoms with E-state index < -0.39 is 36.7 Å². The summed E-state index contributed by atoms with van der Waals surface area (Å²) in [5.41, 5.74) is 3.00. The average molecular weight is 559 g/mol. The second kappa shape index (κ2) is 16.7. The largest absolute Gasteiger partial charge is 0.463 e. The second-order valence-corrected chi connectivity index (χ2v) is 9.81. The van der Waals surface area contributed by atoms with Gasteiger partial charge in [-0.3, -0.25) is 4.79 Å². The zero-order valence-corrected chi connectivity index (χ0v) is 23.4. The van der Waals surface area contributed by atoms with Crippen molar-refractivity contribution in [3.05, 3.63) is 108 Å². The minimum absolute atomic E-state index is 0.0182. The number of carbonyl (C=O) groups is 1. The molecule has 0 radical (unpaired) electrons. The van der Waals surface area contributed by atoms with Gasteiger partial charge >= 0.3 is 5.97 Å². The van der Waals surface area contributed by atoms with Crippen LogP contribution in [0.3, 0.4) is 0 Å². The van der Waals surface area contributed by atoms with Gasteiger partial charge in [0.2, 0.25) is 0 Å². The van der Waals surface area contributed by atoms with E-state index in [-0.39, 0.29) is 6.61 Å². The van der Waals surface area contributed by atoms with E-state index in [4.69, 9.17) is 34.8 Å². The van der Waals surface area contributed by atoms with Crippen LogP contribution in [0.15, 0.2) is 91.0 Å². The van der Waals surface area contributed by atoms with Gasteiger partial charge in [0.05, 0.1) is 26.4 Å². The molecule has 7 heteroatoms. The minimum Gasteiger partial charge on any atom is -0.463 e. The summed E-state index contributed by atoms with van der Waals surface area (Å²) in [5.74, 6) is 2.23. The van der Waals surface area contributed by atoms with Crippen molar-refractivity contribution in [2.75, 3.05) is 13.2 Å². The molecule has 3 aromatic carbocycles. The predicted molar refractivity (Wildman–Crippen MR) is 154 cm³/mol. The predicted octanol–water partition coefficient (Wildman–Crippen LogP) is 5.46. The fourth-order valence-corrected chi connectivity index (χ4v) is 4.59. The van der Waals surface area contributed by atoms with Crippen LogP contribution in [0.1, 0.15) is 36.5 Å². The molecule has 1 saturated heterocycles. The Bertz CT molecular complexity index is 1200. The topological polar surface area (TPSA) is 72.5 Å². The molecule has 4 rings (SSSR count). The van der Waals surface area contributed by atoms with Crippen molar-refractivity contribution >= 4 is 5.97 Å². The molecule has 0 amide bonds. The quantitative estimate of drug-likeness (QED) is 0.139. The zero-order valence-electron chi connectivity index (χ0n) is 23.4. The number of rotatable bonds is 15. The maximum atomic E-state index is 11.8. The van der Waals surface area contributed by atoms with Crippen LogP contribution >= 0.6 is 0 Å². The van der Waals surface area contributed by atoms with Crippen LogP contribution in [0.2, 0.25) is 0 Å². The first kappa shape index (κ1) is 30.4. The molecular weight excluding hydrogens is 520 g/mol. The monoisotopic (exact) mass is 558 g/mol. The zero-order chi connectivity index (χ0) is 28.7. The van der Waals surface area contributed by atoms with Crippen LogP contribution in [0.5, 0.6) is 0 Å². The molecule has 1 fully saturated rings. The van der Waals surface area contributed by atoms with Crippen LogP contribution < -0.4 is 0 Å². The van der Waals surface area contributed by atoms with Gasteiger partial charge in [-0.2, -0.15) is 0 Å². The number of esters is 1. The second-order valence-electron chi connectivity index (χ2n) is 9.81. The van der Waals surface area contributed by atoms with Crippen LogP contribution in [0, 0.1) is 12.3 Å². The number of hydrogen-bond donors (Lipinski definition) is 0. The molecule has 1 heterocycles. The number of carbonyl (C=O) groups excluding carboxylic acids is 1. The van der Waals surface area contributed by atoms with Gasteiger partial charge in [-0.05, 0) is 23.1 Å². The van der Waals surface area contributed by atoms with Crippen molar-refractivity contribution in [1.29, 1.82) is 0 Å². The van der Waals surface area contributed by atoms with Crippen molar-refractivity contribution in [2.45, 2.75) is 70.3 Å². The summed E-state index contributed by atoms with van der Waals surface area (Å²) in [6.45, 7) is 2.69. The van der Waals surface area contributed by atoms with E-state index in [0.29, 0.717) is 39.3 Å². The summed E-state index contributed by atoms with van der Waals surface area (Å²) in [6, 6.07) is 29.7. The van der Waals surface area contributed by atoms with Gasteiger partial charge in [0.1, 0.15) is 31.0 Å². The van der Waals surface area contributed by atoms with Crippen molar-refractivity contribution in [2.24, 2.45) is 0 Å². The summed E-state index contributed by atoms with van der Waals surface area (Å²) in [6.07, 6.45) is 3.38. The van der Waals surface area contributed by atoms with Gasteiger partial charge in [0.15, 0.2) is 6.29 Å².